The number of nitro benzene ring substituents is 1. The summed E-state index contributed by atoms with van der Waals surface area (Å²) in [6.07, 6.45) is -4.92. The van der Waals surface area contributed by atoms with Crippen LogP contribution in [0.4, 0.5) is 18.9 Å². The maximum absolute atomic E-state index is 12.3. The fourth-order valence-corrected chi connectivity index (χ4v) is 1.12. The first kappa shape index (κ1) is 12.2. The van der Waals surface area contributed by atoms with Crippen molar-refractivity contribution in [2.45, 2.75) is 12.8 Å². The molecule has 0 aromatic heterocycles. The van der Waals surface area contributed by atoms with Gasteiger partial charge in [-0.2, -0.15) is 13.2 Å². The average molecular weight is 237 g/mol. The summed E-state index contributed by atoms with van der Waals surface area (Å²) in [5.41, 5.74) is -2.92. The number of phenolic OH excluding ortho intramolecular Hbond substituents is 1. The number of hydrogen-bond acceptors (Lipinski definition) is 4. The predicted octanol–water partition coefficient (Wildman–Crippen LogP) is 1.81. The van der Waals surface area contributed by atoms with Gasteiger partial charge in [-0.25, -0.2) is 0 Å². The molecule has 0 aliphatic rings. The molecule has 0 atom stereocenters. The number of aliphatic hydroxyl groups is 1. The standard InChI is InChI=1S/C8H6F3NO4/c9-8(10,11)5-1-4(3-13)2-6(7(5)14)12(15)16/h1-2,13-14H,3H2. The van der Waals surface area contributed by atoms with Gasteiger partial charge >= 0.3 is 11.9 Å². The molecule has 0 spiro atoms. The molecule has 0 aliphatic carbocycles. The SMILES string of the molecule is O=[N+]([O-])c1cc(CO)cc(C(F)(F)F)c1O. The monoisotopic (exact) mass is 237 g/mol. The molecule has 1 rings (SSSR count). The zero-order chi connectivity index (χ0) is 12.5. The zero-order valence-electron chi connectivity index (χ0n) is 7.65. The molecular weight excluding hydrogens is 231 g/mol. The first-order valence-corrected chi connectivity index (χ1v) is 3.95. The second-order valence-electron chi connectivity index (χ2n) is 2.92. The van der Waals surface area contributed by atoms with Crippen LogP contribution in [0.15, 0.2) is 12.1 Å². The molecule has 16 heavy (non-hydrogen) atoms. The van der Waals surface area contributed by atoms with Crippen LogP contribution in [0.2, 0.25) is 0 Å². The molecule has 0 aliphatic heterocycles. The number of rotatable bonds is 2. The second kappa shape index (κ2) is 3.97. The van der Waals surface area contributed by atoms with Crippen molar-refractivity contribution in [3.05, 3.63) is 33.4 Å². The van der Waals surface area contributed by atoms with Gasteiger partial charge in [0.2, 0.25) is 5.75 Å². The summed E-state index contributed by atoms with van der Waals surface area (Å²) in [6, 6.07) is 1.15. The van der Waals surface area contributed by atoms with Gasteiger partial charge in [-0.1, -0.05) is 0 Å². The third-order valence-corrected chi connectivity index (χ3v) is 1.83. The van der Waals surface area contributed by atoms with E-state index in [0.717, 1.165) is 0 Å². The van der Waals surface area contributed by atoms with Crippen LogP contribution >= 0.6 is 0 Å². The summed E-state index contributed by atoms with van der Waals surface area (Å²) in [5.74, 6) is -1.45. The van der Waals surface area contributed by atoms with Crippen molar-refractivity contribution in [1.82, 2.24) is 0 Å². The van der Waals surface area contributed by atoms with Crippen LogP contribution < -0.4 is 0 Å². The van der Waals surface area contributed by atoms with Crippen molar-refractivity contribution < 1.29 is 28.3 Å². The third kappa shape index (κ3) is 2.22. The highest BCUT2D eigenvalue weighted by molar-refractivity contribution is 5.54. The lowest BCUT2D eigenvalue weighted by molar-refractivity contribution is -0.386. The summed E-state index contributed by atoms with van der Waals surface area (Å²) in [6.45, 7) is -0.788. The lowest BCUT2D eigenvalue weighted by atomic mass is 10.1. The number of aliphatic hydroxyl groups excluding tert-OH is 1. The van der Waals surface area contributed by atoms with Crippen molar-refractivity contribution in [2.24, 2.45) is 0 Å². The lowest BCUT2D eigenvalue weighted by Crippen LogP contribution is -2.07. The summed E-state index contributed by atoms with van der Waals surface area (Å²) in [7, 11) is 0. The van der Waals surface area contributed by atoms with E-state index >= 15 is 0 Å². The van der Waals surface area contributed by atoms with Crippen molar-refractivity contribution in [2.75, 3.05) is 0 Å². The molecular formula is C8H6F3NO4. The molecule has 2 N–H and O–H groups in total. The maximum Gasteiger partial charge on any atom is 0.420 e. The molecule has 1 aromatic rings. The molecule has 0 unspecified atom stereocenters. The number of aromatic hydroxyl groups is 1. The highest BCUT2D eigenvalue weighted by atomic mass is 19.4. The zero-order valence-corrected chi connectivity index (χ0v) is 7.65. The lowest BCUT2D eigenvalue weighted by Gasteiger charge is -2.10. The molecule has 0 fully saturated rings. The number of nitrogens with zero attached hydrogens (tertiary/aromatic N) is 1. The minimum atomic E-state index is -4.92. The van der Waals surface area contributed by atoms with Crippen LogP contribution in [-0.4, -0.2) is 15.1 Å². The van der Waals surface area contributed by atoms with Gasteiger partial charge in [0.1, 0.15) is 5.56 Å². The Morgan fingerprint density at radius 2 is 1.94 bits per heavy atom. The number of hydrogen-bond donors (Lipinski definition) is 2. The molecule has 0 saturated carbocycles. The van der Waals surface area contributed by atoms with Crippen molar-refractivity contribution in [1.29, 1.82) is 0 Å². The van der Waals surface area contributed by atoms with Crippen LogP contribution in [0.25, 0.3) is 0 Å². The van der Waals surface area contributed by atoms with Crippen molar-refractivity contribution >= 4 is 5.69 Å². The highest BCUT2D eigenvalue weighted by Crippen LogP contribution is 2.41. The van der Waals surface area contributed by atoms with E-state index in [1.807, 2.05) is 0 Å². The Morgan fingerprint density at radius 3 is 2.31 bits per heavy atom. The van der Waals surface area contributed by atoms with Crippen LogP contribution in [0, 0.1) is 10.1 Å². The number of nitro groups is 1. The minimum Gasteiger partial charge on any atom is -0.502 e. The smallest absolute Gasteiger partial charge is 0.420 e. The summed E-state index contributed by atoms with van der Waals surface area (Å²) in [5, 5.41) is 28.1. The van der Waals surface area contributed by atoms with Gasteiger partial charge in [0, 0.05) is 6.07 Å². The van der Waals surface area contributed by atoms with Gasteiger partial charge in [0.25, 0.3) is 0 Å². The first-order chi connectivity index (χ1) is 7.27. The summed E-state index contributed by atoms with van der Waals surface area (Å²) < 4.78 is 37.0. The number of halogens is 3. The minimum absolute atomic E-state index is 0.295. The molecule has 0 saturated heterocycles. The van der Waals surface area contributed by atoms with E-state index in [4.69, 9.17) is 10.2 Å². The highest BCUT2D eigenvalue weighted by Gasteiger charge is 2.37. The van der Waals surface area contributed by atoms with Crippen molar-refractivity contribution in [3.8, 4) is 5.75 Å². The van der Waals surface area contributed by atoms with Gasteiger partial charge in [0.05, 0.1) is 11.5 Å². The van der Waals surface area contributed by atoms with E-state index in [1.165, 1.54) is 0 Å². The molecule has 5 nitrogen and oxygen atoms in total. The largest absolute Gasteiger partial charge is 0.502 e. The Balaban J connectivity index is 3.50. The fraction of sp³-hybridized carbons (Fsp3) is 0.250. The molecule has 0 bridgehead atoms. The first-order valence-electron chi connectivity index (χ1n) is 3.95. The summed E-state index contributed by atoms with van der Waals surface area (Å²) in [4.78, 5) is 9.22. The maximum atomic E-state index is 12.3. The second-order valence-corrected chi connectivity index (χ2v) is 2.92. The van der Waals surface area contributed by atoms with E-state index < -0.39 is 34.7 Å². The number of phenols is 1. The topological polar surface area (TPSA) is 83.6 Å². The van der Waals surface area contributed by atoms with E-state index in [1.54, 1.807) is 0 Å². The molecule has 0 radical (unpaired) electrons. The van der Waals surface area contributed by atoms with Gasteiger partial charge in [-0.05, 0) is 11.6 Å². The van der Waals surface area contributed by atoms with E-state index in [2.05, 4.69) is 0 Å². The molecule has 8 heteroatoms. The summed E-state index contributed by atoms with van der Waals surface area (Å²) >= 11 is 0. The quantitative estimate of drug-likeness (QED) is 0.606. The molecule has 1 aromatic carbocycles. The van der Waals surface area contributed by atoms with E-state index in [-0.39, 0.29) is 5.56 Å². The van der Waals surface area contributed by atoms with Crippen LogP contribution in [0.3, 0.4) is 0 Å². The van der Waals surface area contributed by atoms with Crippen LogP contribution in [-0.2, 0) is 12.8 Å². The molecule has 0 amide bonds. The van der Waals surface area contributed by atoms with Gasteiger partial charge < -0.3 is 10.2 Å². The normalized spacial score (nSPS) is 11.5. The fourth-order valence-electron chi connectivity index (χ4n) is 1.12. The average Bonchev–Trinajstić information content (AvgIpc) is 2.15. The van der Waals surface area contributed by atoms with Crippen LogP contribution in [0.5, 0.6) is 5.75 Å². The van der Waals surface area contributed by atoms with Gasteiger partial charge in [0.15, 0.2) is 0 Å². The Bertz CT molecular complexity index is 430. The third-order valence-electron chi connectivity index (χ3n) is 1.83. The Kier molecular flexibility index (Phi) is 3.04. The van der Waals surface area contributed by atoms with Crippen LogP contribution in [0.1, 0.15) is 11.1 Å². The van der Waals surface area contributed by atoms with Gasteiger partial charge in [-0.15, -0.1) is 0 Å². The Morgan fingerprint density at radius 1 is 1.38 bits per heavy atom. The van der Waals surface area contributed by atoms with E-state index in [9.17, 15) is 23.3 Å². The Hall–Kier alpha value is -1.83. The Labute approximate surface area is 86.9 Å². The van der Waals surface area contributed by atoms with E-state index in [0.29, 0.717) is 12.1 Å². The van der Waals surface area contributed by atoms with Crippen molar-refractivity contribution in [3.63, 3.8) is 0 Å². The molecule has 0 heterocycles. The molecule has 88 valence electrons. The number of benzene rings is 1. The van der Waals surface area contributed by atoms with Gasteiger partial charge in [-0.3, -0.25) is 10.1 Å². The number of alkyl halides is 3. The predicted molar refractivity (Wildman–Crippen MR) is 45.7 cm³/mol.